The lowest BCUT2D eigenvalue weighted by atomic mass is 10.0. The smallest absolute Gasteiger partial charge is 0.342 e. The Balaban J connectivity index is 1.88. The summed E-state index contributed by atoms with van der Waals surface area (Å²) < 4.78 is 45.5. The first kappa shape index (κ1) is 22.8. The van der Waals surface area contributed by atoms with E-state index in [-0.39, 0.29) is 23.7 Å². The number of carbonyl (C=O) groups excluding carboxylic acids is 1. The molecule has 0 aliphatic heterocycles. The van der Waals surface area contributed by atoms with E-state index in [4.69, 9.17) is 13.9 Å². The monoisotopic (exact) mass is 467 g/mol. The Labute approximate surface area is 192 Å². The van der Waals surface area contributed by atoms with E-state index in [0.29, 0.717) is 38.8 Å². The Hall–Kier alpha value is -3.36. The van der Waals surface area contributed by atoms with Gasteiger partial charge in [-0.2, -0.15) is 0 Å². The van der Waals surface area contributed by atoms with E-state index in [1.807, 2.05) is 37.3 Å². The zero-order valence-corrected chi connectivity index (χ0v) is 19.7. The van der Waals surface area contributed by atoms with Crippen molar-refractivity contribution in [3.63, 3.8) is 0 Å². The first-order valence-electron chi connectivity index (χ1n) is 10.4. The summed E-state index contributed by atoms with van der Waals surface area (Å²) in [6.45, 7) is 5.64. The lowest BCUT2D eigenvalue weighted by Gasteiger charge is -2.14. The number of furan rings is 1. The van der Waals surface area contributed by atoms with Crippen LogP contribution >= 0.6 is 0 Å². The van der Waals surface area contributed by atoms with E-state index in [1.54, 1.807) is 32.0 Å². The number of ether oxygens (including phenoxy) is 2. The first-order valence-corrected chi connectivity index (χ1v) is 11.9. The predicted octanol–water partition coefficient (Wildman–Crippen LogP) is 5.12. The number of aryl methyl sites for hydroxylation is 3. The zero-order valence-electron chi connectivity index (χ0n) is 18.9. The van der Waals surface area contributed by atoms with E-state index >= 15 is 0 Å². The number of fused-ring (bicyclic) bond motifs is 3. The van der Waals surface area contributed by atoms with Gasteiger partial charge in [-0.05, 0) is 44.0 Å². The lowest BCUT2D eigenvalue weighted by molar-refractivity contribution is 0.0388. The topological polar surface area (TPSA) is 94.8 Å². The molecule has 4 rings (SSSR count). The van der Waals surface area contributed by atoms with E-state index in [9.17, 15) is 13.2 Å². The van der Waals surface area contributed by atoms with E-state index in [0.717, 1.165) is 5.56 Å². The van der Waals surface area contributed by atoms with Gasteiger partial charge in [0.25, 0.3) is 10.0 Å². The molecule has 3 aromatic carbocycles. The van der Waals surface area contributed by atoms with Crippen LogP contribution in [-0.4, -0.2) is 34.7 Å². The summed E-state index contributed by atoms with van der Waals surface area (Å²) >= 11 is 0. The van der Waals surface area contributed by atoms with Gasteiger partial charge in [0.1, 0.15) is 23.5 Å². The molecule has 0 saturated heterocycles. The summed E-state index contributed by atoms with van der Waals surface area (Å²) in [6, 6.07) is 14.2. The van der Waals surface area contributed by atoms with Crippen molar-refractivity contribution in [2.24, 2.45) is 0 Å². The molecule has 7 nitrogen and oxygen atoms in total. The van der Waals surface area contributed by atoms with Crippen LogP contribution in [0.1, 0.15) is 27.2 Å². The quantitative estimate of drug-likeness (QED) is 0.300. The van der Waals surface area contributed by atoms with Crippen molar-refractivity contribution < 1.29 is 27.1 Å². The SMILES string of the molecule is COCCOC(=O)c1c(C)oc2c1cc(NS(=O)(=O)c1cc(C)ccc1C)c1ccccc12. The standard InChI is InChI=1S/C25H25NO6S/c1-15-9-10-16(2)22(13-15)33(28,29)26-21-14-20-23(25(27)31-12-11-30-4)17(3)32-24(20)19-8-6-5-7-18(19)21/h5-10,13-14,26H,11-12H2,1-4H3. The van der Waals surface area contributed by atoms with Gasteiger partial charge >= 0.3 is 5.97 Å². The van der Waals surface area contributed by atoms with Crippen molar-refractivity contribution in [3.05, 3.63) is 71.0 Å². The minimum absolute atomic E-state index is 0.0984. The van der Waals surface area contributed by atoms with Crippen LogP contribution in [0.15, 0.2) is 57.8 Å². The lowest BCUT2D eigenvalue weighted by Crippen LogP contribution is -2.15. The maximum absolute atomic E-state index is 13.3. The van der Waals surface area contributed by atoms with Crippen molar-refractivity contribution in [2.45, 2.75) is 25.7 Å². The number of benzene rings is 3. The van der Waals surface area contributed by atoms with Gasteiger partial charge in [0.15, 0.2) is 0 Å². The molecule has 0 radical (unpaired) electrons. The molecule has 0 saturated carbocycles. The highest BCUT2D eigenvalue weighted by molar-refractivity contribution is 7.92. The summed E-state index contributed by atoms with van der Waals surface area (Å²) in [5.41, 5.74) is 2.59. The van der Waals surface area contributed by atoms with Gasteiger partial charge < -0.3 is 13.9 Å². The summed E-state index contributed by atoms with van der Waals surface area (Å²) in [7, 11) is -2.36. The molecule has 0 aliphatic rings. The third-order valence-electron chi connectivity index (χ3n) is 5.47. The molecule has 4 aromatic rings. The molecular formula is C25H25NO6S. The molecule has 0 aliphatic carbocycles. The molecule has 1 aromatic heterocycles. The molecule has 172 valence electrons. The Kier molecular flexibility index (Phi) is 6.14. The number of hydrogen-bond acceptors (Lipinski definition) is 6. The number of nitrogens with one attached hydrogen (secondary N) is 1. The Morgan fingerprint density at radius 2 is 1.70 bits per heavy atom. The molecule has 0 unspecified atom stereocenters. The third-order valence-corrected chi connectivity index (χ3v) is 6.98. The van der Waals surface area contributed by atoms with Crippen molar-refractivity contribution in [1.29, 1.82) is 0 Å². The highest BCUT2D eigenvalue weighted by Gasteiger charge is 2.24. The third kappa shape index (κ3) is 4.31. The number of methoxy groups -OCH3 is 1. The molecule has 0 spiro atoms. The van der Waals surface area contributed by atoms with Gasteiger partial charge in [0.05, 0.1) is 17.2 Å². The number of hydrogen-bond donors (Lipinski definition) is 1. The summed E-state index contributed by atoms with van der Waals surface area (Å²) in [5, 5.41) is 1.83. The van der Waals surface area contributed by atoms with Crippen LogP contribution in [0.4, 0.5) is 5.69 Å². The van der Waals surface area contributed by atoms with Gasteiger partial charge in [0, 0.05) is 23.3 Å². The second-order valence-electron chi connectivity index (χ2n) is 7.88. The molecule has 1 N–H and O–H groups in total. The highest BCUT2D eigenvalue weighted by atomic mass is 32.2. The van der Waals surface area contributed by atoms with Crippen molar-refractivity contribution >= 4 is 43.4 Å². The fourth-order valence-corrected chi connectivity index (χ4v) is 5.26. The van der Waals surface area contributed by atoms with Gasteiger partial charge in [-0.3, -0.25) is 4.72 Å². The van der Waals surface area contributed by atoms with E-state index < -0.39 is 16.0 Å². The van der Waals surface area contributed by atoms with Gasteiger partial charge in [-0.25, -0.2) is 13.2 Å². The molecule has 8 heteroatoms. The molecular weight excluding hydrogens is 442 g/mol. The fourth-order valence-electron chi connectivity index (χ4n) is 3.86. The number of carbonyl (C=O) groups is 1. The van der Waals surface area contributed by atoms with Gasteiger partial charge in [-0.1, -0.05) is 36.4 Å². The van der Waals surface area contributed by atoms with Crippen LogP contribution < -0.4 is 4.72 Å². The highest BCUT2D eigenvalue weighted by Crippen LogP contribution is 2.38. The van der Waals surface area contributed by atoms with Crippen LogP contribution in [0.5, 0.6) is 0 Å². The summed E-state index contributed by atoms with van der Waals surface area (Å²) in [5.74, 6) is -0.158. The zero-order chi connectivity index (χ0) is 23.8. The molecule has 0 amide bonds. The molecule has 0 fully saturated rings. The number of sulfonamides is 1. The van der Waals surface area contributed by atoms with Crippen LogP contribution in [0.3, 0.4) is 0 Å². The van der Waals surface area contributed by atoms with Gasteiger partial charge in [-0.15, -0.1) is 0 Å². The molecule has 0 atom stereocenters. The number of anilines is 1. The number of esters is 1. The molecule has 33 heavy (non-hydrogen) atoms. The fraction of sp³-hybridized carbons (Fsp3) is 0.240. The first-order chi connectivity index (χ1) is 15.7. The normalized spacial score (nSPS) is 11.8. The second-order valence-corrected chi connectivity index (χ2v) is 9.53. The minimum atomic E-state index is -3.88. The van der Waals surface area contributed by atoms with Crippen LogP contribution in [-0.2, 0) is 19.5 Å². The predicted molar refractivity (Wildman–Crippen MR) is 127 cm³/mol. The minimum Gasteiger partial charge on any atom is -0.460 e. The maximum Gasteiger partial charge on any atom is 0.342 e. The van der Waals surface area contributed by atoms with Gasteiger partial charge in [0.2, 0.25) is 0 Å². The van der Waals surface area contributed by atoms with Crippen molar-refractivity contribution in [2.75, 3.05) is 25.0 Å². The van der Waals surface area contributed by atoms with E-state index in [2.05, 4.69) is 4.72 Å². The molecule has 1 heterocycles. The average molecular weight is 468 g/mol. The Bertz CT molecular complexity index is 1470. The maximum atomic E-state index is 13.3. The van der Waals surface area contributed by atoms with Crippen LogP contribution in [0.25, 0.3) is 21.7 Å². The number of rotatable bonds is 7. The van der Waals surface area contributed by atoms with Crippen molar-refractivity contribution in [1.82, 2.24) is 0 Å². The van der Waals surface area contributed by atoms with Crippen LogP contribution in [0, 0.1) is 20.8 Å². The average Bonchev–Trinajstić information content (AvgIpc) is 3.11. The molecule has 0 bridgehead atoms. The van der Waals surface area contributed by atoms with E-state index in [1.165, 1.54) is 7.11 Å². The Morgan fingerprint density at radius 1 is 0.970 bits per heavy atom. The van der Waals surface area contributed by atoms with Crippen molar-refractivity contribution in [3.8, 4) is 0 Å². The second kappa shape index (κ2) is 8.88. The largest absolute Gasteiger partial charge is 0.460 e. The van der Waals surface area contributed by atoms with Crippen LogP contribution in [0.2, 0.25) is 0 Å². The Morgan fingerprint density at radius 3 is 2.42 bits per heavy atom. The summed E-state index contributed by atoms with van der Waals surface area (Å²) in [4.78, 5) is 13.0. The summed E-state index contributed by atoms with van der Waals surface area (Å²) in [6.07, 6.45) is 0.